The molecular formula is C34H39Cl2N3O6S. The summed E-state index contributed by atoms with van der Waals surface area (Å²) in [5, 5.41) is 4.00. The van der Waals surface area contributed by atoms with Crippen molar-refractivity contribution in [3.05, 3.63) is 87.9 Å². The Morgan fingerprint density at radius 2 is 1.63 bits per heavy atom. The molecule has 2 aliphatic rings. The number of benzene rings is 3. The van der Waals surface area contributed by atoms with Gasteiger partial charge < -0.3 is 19.7 Å². The molecule has 0 saturated heterocycles. The van der Waals surface area contributed by atoms with Crippen LogP contribution in [0.3, 0.4) is 0 Å². The van der Waals surface area contributed by atoms with Gasteiger partial charge in [0.1, 0.15) is 6.04 Å². The normalized spacial score (nSPS) is 15.3. The fraction of sp³-hybridized carbons (Fsp3) is 0.412. The minimum absolute atomic E-state index is 0.0133. The summed E-state index contributed by atoms with van der Waals surface area (Å²) in [5.41, 5.74) is 1.86. The molecule has 12 heteroatoms. The van der Waals surface area contributed by atoms with Gasteiger partial charge in [-0.1, -0.05) is 78.9 Å². The molecule has 46 heavy (non-hydrogen) atoms. The lowest BCUT2D eigenvalue weighted by molar-refractivity contribution is -0.141. The number of hydrogen-bond acceptors (Lipinski definition) is 6. The van der Waals surface area contributed by atoms with Crippen LogP contribution < -0.4 is 19.1 Å². The zero-order valence-electron chi connectivity index (χ0n) is 25.8. The third-order valence-corrected chi connectivity index (χ3v) is 10.3. The van der Waals surface area contributed by atoms with E-state index in [0.717, 1.165) is 43.9 Å². The standard InChI is InChI=1S/C34H39Cl2N3O6S/c1-46(42,43)39(26-17-18-31-32(21-26)45-23-44-31)19-9-16-33(40)38(22-27-28(35)14-8-15-29(27)36)30(20-24-10-4-2-5-11-24)34(41)37-25-12-6-3-7-13-25/h2,4-5,8,10-11,14-15,17-18,21,25,30H,3,6-7,9,12-13,16,19-20,22-23H2,1H3,(H,37,41). The van der Waals surface area contributed by atoms with Crippen LogP contribution in [-0.4, -0.2) is 56.8 Å². The molecule has 3 aromatic carbocycles. The van der Waals surface area contributed by atoms with Crippen LogP contribution in [-0.2, 0) is 32.6 Å². The van der Waals surface area contributed by atoms with Crippen LogP contribution >= 0.6 is 23.2 Å². The Balaban J connectivity index is 1.40. The van der Waals surface area contributed by atoms with Gasteiger partial charge in [0.05, 0.1) is 11.9 Å². The lowest BCUT2D eigenvalue weighted by Gasteiger charge is -2.34. The first-order chi connectivity index (χ1) is 22.1. The van der Waals surface area contributed by atoms with E-state index in [0.29, 0.717) is 39.2 Å². The van der Waals surface area contributed by atoms with Crippen molar-refractivity contribution < 1.29 is 27.5 Å². The van der Waals surface area contributed by atoms with Crippen LogP contribution in [0.15, 0.2) is 66.7 Å². The molecule has 0 radical (unpaired) electrons. The number of nitrogens with one attached hydrogen (secondary N) is 1. The second kappa shape index (κ2) is 15.4. The maximum absolute atomic E-state index is 14.2. The molecule has 1 heterocycles. The number of anilines is 1. The van der Waals surface area contributed by atoms with E-state index in [9.17, 15) is 18.0 Å². The van der Waals surface area contributed by atoms with Gasteiger partial charge in [0, 0.05) is 53.6 Å². The van der Waals surface area contributed by atoms with Gasteiger partial charge in [-0.3, -0.25) is 13.9 Å². The summed E-state index contributed by atoms with van der Waals surface area (Å²) < 4.78 is 37.7. The van der Waals surface area contributed by atoms with Crippen molar-refractivity contribution in [2.24, 2.45) is 0 Å². The molecule has 0 aromatic heterocycles. The van der Waals surface area contributed by atoms with Crippen LogP contribution in [0.2, 0.25) is 10.0 Å². The summed E-state index contributed by atoms with van der Waals surface area (Å²) in [5.74, 6) is 0.454. The molecule has 1 aliphatic carbocycles. The number of carbonyl (C=O) groups is 2. The smallest absolute Gasteiger partial charge is 0.243 e. The molecule has 0 bridgehead atoms. The van der Waals surface area contributed by atoms with Gasteiger partial charge in [0.15, 0.2) is 11.5 Å². The number of halogens is 2. The number of fused-ring (bicyclic) bond motifs is 1. The lowest BCUT2D eigenvalue weighted by atomic mass is 9.94. The fourth-order valence-electron chi connectivity index (χ4n) is 6.00. The van der Waals surface area contributed by atoms with E-state index in [1.165, 1.54) is 4.31 Å². The SMILES string of the molecule is CS(=O)(=O)N(CCCC(=O)N(Cc1c(Cl)cccc1Cl)C(Cc1ccccc1)C(=O)NC1CCCCC1)c1ccc2c(c1)OCO2. The van der Waals surface area contributed by atoms with Crippen molar-refractivity contribution in [1.29, 1.82) is 0 Å². The Morgan fingerprint density at radius 1 is 0.935 bits per heavy atom. The Kier molecular flexibility index (Phi) is 11.4. The van der Waals surface area contributed by atoms with Gasteiger partial charge in [-0.25, -0.2) is 8.42 Å². The topological polar surface area (TPSA) is 105 Å². The highest BCUT2D eigenvalue weighted by Crippen LogP contribution is 2.36. The molecular weight excluding hydrogens is 649 g/mol. The highest BCUT2D eigenvalue weighted by atomic mass is 35.5. The lowest BCUT2D eigenvalue weighted by Crippen LogP contribution is -2.53. The largest absolute Gasteiger partial charge is 0.454 e. The zero-order chi connectivity index (χ0) is 32.7. The van der Waals surface area contributed by atoms with Crippen molar-refractivity contribution in [1.82, 2.24) is 10.2 Å². The van der Waals surface area contributed by atoms with Gasteiger partial charge in [0.2, 0.25) is 28.6 Å². The van der Waals surface area contributed by atoms with Crippen molar-refractivity contribution >= 4 is 50.7 Å². The Bertz CT molecular complexity index is 1610. The average Bonchev–Trinajstić information content (AvgIpc) is 3.50. The van der Waals surface area contributed by atoms with E-state index in [1.54, 1.807) is 41.3 Å². The van der Waals surface area contributed by atoms with Crippen molar-refractivity contribution in [2.75, 3.05) is 23.9 Å². The maximum atomic E-state index is 14.2. The third-order valence-electron chi connectivity index (χ3n) is 8.41. The zero-order valence-corrected chi connectivity index (χ0v) is 28.1. The second-order valence-corrected chi connectivity index (χ2v) is 14.5. The van der Waals surface area contributed by atoms with Crippen LogP contribution in [0.5, 0.6) is 11.5 Å². The first-order valence-corrected chi connectivity index (χ1v) is 18.1. The van der Waals surface area contributed by atoms with Crippen molar-refractivity contribution in [2.45, 2.75) is 70.0 Å². The molecule has 1 fully saturated rings. The molecule has 1 N–H and O–H groups in total. The molecule has 9 nitrogen and oxygen atoms in total. The quantitative estimate of drug-likeness (QED) is 0.224. The predicted molar refractivity (Wildman–Crippen MR) is 180 cm³/mol. The summed E-state index contributed by atoms with van der Waals surface area (Å²) >= 11 is 13.1. The van der Waals surface area contributed by atoms with Crippen molar-refractivity contribution in [3.63, 3.8) is 0 Å². The monoisotopic (exact) mass is 687 g/mol. The summed E-state index contributed by atoms with van der Waals surface area (Å²) in [4.78, 5) is 29.8. The van der Waals surface area contributed by atoms with Crippen LogP contribution in [0.1, 0.15) is 56.1 Å². The Hall–Kier alpha value is -3.47. The molecule has 1 atom stereocenters. The van der Waals surface area contributed by atoms with E-state index in [1.807, 2.05) is 30.3 Å². The van der Waals surface area contributed by atoms with E-state index in [-0.39, 0.29) is 50.6 Å². The molecule has 0 spiro atoms. The maximum Gasteiger partial charge on any atom is 0.243 e. The van der Waals surface area contributed by atoms with Gasteiger partial charge in [-0.15, -0.1) is 0 Å². The molecule has 246 valence electrons. The van der Waals surface area contributed by atoms with Gasteiger partial charge >= 0.3 is 0 Å². The molecule has 5 rings (SSSR count). The van der Waals surface area contributed by atoms with Crippen LogP contribution in [0.4, 0.5) is 5.69 Å². The van der Waals surface area contributed by atoms with Gasteiger partial charge in [-0.2, -0.15) is 0 Å². The second-order valence-electron chi connectivity index (χ2n) is 11.7. The summed E-state index contributed by atoms with van der Waals surface area (Å²) in [6.07, 6.45) is 6.64. The number of amides is 2. The number of hydrogen-bond donors (Lipinski definition) is 1. The number of sulfonamides is 1. The highest BCUT2D eigenvalue weighted by molar-refractivity contribution is 7.92. The molecule has 1 saturated carbocycles. The first-order valence-electron chi connectivity index (χ1n) is 15.5. The van der Waals surface area contributed by atoms with E-state index < -0.39 is 16.1 Å². The Morgan fingerprint density at radius 3 is 2.33 bits per heavy atom. The predicted octanol–water partition coefficient (Wildman–Crippen LogP) is 6.36. The molecule has 3 aromatic rings. The number of carbonyl (C=O) groups excluding carboxylic acids is 2. The van der Waals surface area contributed by atoms with Gasteiger partial charge in [0.25, 0.3) is 0 Å². The summed E-state index contributed by atoms with van der Waals surface area (Å²) in [7, 11) is -3.69. The summed E-state index contributed by atoms with van der Waals surface area (Å²) in [6.45, 7) is 0.128. The molecule has 1 unspecified atom stereocenters. The van der Waals surface area contributed by atoms with Crippen molar-refractivity contribution in [3.8, 4) is 11.5 Å². The molecule has 2 amide bonds. The highest BCUT2D eigenvalue weighted by Gasteiger charge is 2.33. The van der Waals surface area contributed by atoms with E-state index >= 15 is 0 Å². The van der Waals surface area contributed by atoms with Gasteiger partial charge in [-0.05, 0) is 49.1 Å². The first kappa shape index (κ1) is 33.9. The van der Waals surface area contributed by atoms with Crippen LogP contribution in [0, 0.1) is 0 Å². The molecule has 1 aliphatic heterocycles. The third kappa shape index (κ3) is 8.66. The minimum Gasteiger partial charge on any atom is -0.454 e. The minimum atomic E-state index is -3.69. The fourth-order valence-corrected chi connectivity index (χ4v) is 7.47. The average molecular weight is 689 g/mol. The number of ether oxygens (including phenoxy) is 2. The number of nitrogens with zero attached hydrogens (tertiary/aromatic N) is 2. The van der Waals surface area contributed by atoms with E-state index in [2.05, 4.69) is 5.32 Å². The van der Waals surface area contributed by atoms with Crippen LogP contribution in [0.25, 0.3) is 0 Å². The number of rotatable bonds is 13. The Labute approximate surface area is 280 Å². The summed E-state index contributed by atoms with van der Waals surface area (Å²) in [6, 6.07) is 18.8. The van der Waals surface area contributed by atoms with E-state index in [4.69, 9.17) is 32.7 Å².